The summed E-state index contributed by atoms with van der Waals surface area (Å²) < 4.78 is 0. The van der Waals surface area contributed by atoms with Crippen LogP contribution in [0.4, 0.5) is 0 Å². The minimum Gasteiger partial charge on any atom is -0.341 e. The maximum atomic E-state index is 11.3. The first kappa shape index (κ1) is 12.5. The molecule has 0 aromatic rings. The molecule has 1 fully saturated rings. The number of likely N-dealkylation sites (tertiary alicyclic amines) is 1. The van der Waals surface area contributed by atoms with Crippen molar-refractivity contribution in [2.75, 3.05) is 13.1 Å². The van der Waals surface area contributed by atoms with Crippen molar-refractivity contribution in [2.24, 2.45) is 0 Å². The average molecular weight is 212 g/mol. The Morgan fingerprint density at radius 1 is 1.27 bits per heavy atom. The van der Waals surface area contributed by atoms with Crippen LogP contribution < -0.4 is 0 Å². The minimum absolute atomic E-state index is 0.213. The average Bonchev–Trinajstić information content (AvgIpc) is 2.51. The van der Waals surface area contributed by atoms with Crippen molar-refractivity contribution in [3.05, 3.63) is 0 Å². The van der Waals surface area contributed by atoms with E-state index in [2.05, 4.69) is 32.6 Å². The van der Waals surface area contributed by atoms with Gasteiger partial charge in [0.1, 0.15) is 0 Å². The van der Waals surface area contributed by atoms with Gasteiger partial charge in [0.2, 0.25) is 5.91 Å². The third-order valence-corrected chi connectivity index (χ3v) is 3.22. The van der Waals surface area contributed by atoms with Gasteiger partial charge < -0.3 is 4.90 Å². The molecule has 88 valence electrons. The molecule has 1 aliphatic heterocycles. The van der Waals surface area contributed by atoms with E-state index in [9.17, 15) is 4.79 Å². The monoisotopic (exact) mass is 212 g/mol. The van der Waals surface area contributed by atoms with E-state index in [0.717, 1.165) is 19.5 Å². The van der Waals surface area contributed by atoms with Crippen molar-refractivity contribution in [1.82, 2.24) is 9.80 Å². The van der Waals surface area contributed by atoms with Crippen LogP contribution in [0.3, 0.4) is 0 Å². The summed E-state index contributed by atoms with van der Waals surface area (Å²) in [6, 6.07) is 1.66. The van der Waals surface area contributed by atoms with Crippen LogP contribution in [0.5, 0.6) is 0 Å². The molecule has 15 heavy (non-hydrogen) atoms. The summed E-state index contributed by atoms with van der Waals surface area (Å²) in [6.07, 6.45) is 1.12. The summed E-state index contributed by atoms with van der Waals surface area (Å²) in [6.45, 7) is 12.4. The molecule has 0 spiro atoms. The Labute approximate surface area is 93.4 Å². The Bertz CT molecular complexity index is 218. The van der Waals surface area contributed by atoms with Gasteiger partial charge in [0.05, 0.1) is 0 Å². The highest BCUT2D eigenvalue weighted by atomic mass is 16.2. The Kier molecular flexibility index (Phi) is 4.14. The molecular weight excluding hydrogens is 188 g/mol. The number of nitrogens with zero attached hydrogens (tertiary/aromatic N) is 2. The lowest BCUT2D eigenvalue weighted by Gasteiger charge is -2.36. The number of amides is 1. The van der Waals surface area contributed by atoms with Gasteiger partial charge in [-0.25, -0.2) is 0 Å². The molecule has 0 aliphatic carbocycles. The zero-order valence-corrected chi connectivity index (χ0v) is 10.7. The van der Waals surface area contributed by atoms with E-state index < -0.39 is 0 Å². The van der Waals surface area contributed by atoms with Gasteiger partial charge in [-0.3, -0.25) is 9.69 Å². The first-order valence-electron chi connectivity index (χ1n) is 5.96. The molecule has 0 bridgehead atoms. The zero-order chi connectivity index (χ0) is 11.6. The Balaban J connectivity index is 2.61. The lowest BCUT2D eigenvalue weighted by atomic mass is 10.1. The fraction of sp³-hybridized carbons (Fsp3) is 0.917. The van der Waals surface area contributed by atoms with Crippen LogP contribution in [-0.2, 0) is 4.79 Å². The van der Waals surface area contributed by atoms with E-state index in [-0.39, 0.29) is 5.91 Å². The van der Waals surface area contributed by atoms with Gasteiger partial charge in [-0.05, 0) is 34.1 Å². The van der Waals surface area contributed by atoms with E-state index >= 15 is 0 Å². The number of hydrogen-bond acceptors (Lipinski definition) is 2. The second-order valence-electron chi connectivity index (χ2n) is 5.04. The van der Waals surface area contributed by atoms with Crippen LogP contribution in [-0.4, -0.2) is 46.9 Å². The van der Waals surface area contributed by atoms with Crippen molar-refractivity contribution >= 4 is 5.91 Å². The summed E-state index contributed by atoms with van der Waals surface area (Å²) in [5.41, 5.74) is 0. The van der Waals surface area contributed by atoms with Gasteiger partial charge >= 0.3 is 0 Å². The summed E-state index contributed by atoms with van der Waals surface area (Å²) in [5.74, 6) is 0.213. The van der Waals surface area contributed by atoms with E-state index in [1.165, 1.54) is 0 Å². The van der Waals surface area contributed by atoms with Crippen LogP contribution in [0.15, 0.2) is 0 Å². The molecule has 3 nitrogen and oxygen atoms in total. The molecule has 0 saturated carbocycles. The molecule has 0 aromatic carbocycles. The third-order valence-electron chi connectivity index (χ3n) is 3.22. The lowest BCUT2D eigenvalue weighted by Crippen LogP contribution is -2.46. The van der Waals surface area contributed by atoms with Gasteiger partial charge in [0.25, 0.3) is 0 Å². The molecule has 0 N–H and O–H groups in total. The topological polar surface area (TPSA) is 23.6 Å². The molecule has 1 unspecified atom stereocenters. The summed E-state index contributed by atoms with van der Waals surface area (Å²) in [7, 11) is 0. The molecule has 1 saturated heterocycles. The standard InChI is InChI=1S/C12H24N2O/c1-9(2)14(10(3)4)12-6-7-13(8-12)11(5)15/h9-10,12H,6-8H2,1-5H3. The van der Waals surface area contributed by atoms with Crippen LogP contribution >= 0.6 is 0 Å². The molecule has 0 radical (unpaired) electrons. The molecule has 1 rings (SSSR count). The maximum Gasteiger partial charge on any atom is 0.219 e. The molecule has 3 heteroatoms. The van der Waals surface area contributed by atoms with E-state index in [4.69, 9.17) is 0 Å². The first-order valence-corrected chi connectivity index (χ1v) is 5.96. The molecule has 1 heterocycles. The summed E-state index contributed by atoms with van der Waals surface area (Å²) >= 11 is 0. The summed E-state index contributed by atoms with van der Waals surface area (Å²) in [5, 5.41) is 0. The quantitative estimate of drug-likeness (QED) is 0.711. The number of hydrogen-bond donors (Lipinski definition) is 0. The molecule has 1 amide bonds. The lowest BCUT2D eigenvalue weighted by molar-refractivity contribution is -0.128. The van der Waals surface area contributed by atoms with Crippen LogP contribution in [0, 0.1) is 0 Å². The van der Waals surface area contributed by atoms with Crippen LogP contribution in [0.25, 0.3) is 0 Å². The first-order chi connectivity index (χ1) is 6.93. The van der Waals surface area contributed by atoms with Crippen molar-refractivity contribution < 1.29 is 4.79 Å². The Hall–Kier alpha value is -0.570. The van der Waals surface area contributed by atoms with Gasteiger partial charge in [-0.15, -0.1) is 0 Å². The van der Waals surface area contributed by atoms with Crippen molar-refractivity contribution in [3.8, 4) is 0 Å². The van der Waals surface area contributed by atoms with Crippen molar-refractivity contribution in [2.45, 2.75) is 59.2 Å². The van der Waals surface area contributed by atoms with E-state index in [1.807, 2.05) is 4.90 Å². The molecule has 1 atom stereocenters. The van der Waals surface area contributed by atoms with E-state index in [1.54, 1.807) is 6.92 Å². The second-order valence-corrected chi connectivity index (χ2v) is 5.04. The van der Waals surface area contributed by atoms with Gasteiger partial charge in [0.15, 0.2) is 0 Å². The Morgan fingerprint density at radius 2 is 1.80 bits per heavy atom. The van der Waals surface area contributed by atoms with E-state index in [0.29, 0.717) is 18.1 Å². The predicted molar refractivity (Wildman–Crippen MR) is 62.8 cm³/mol. The maximum absolute atomic E-state index is 11.3. The third kappa shape index (κ3) is 2.94. The highest BCUT2D eigenvalue weighted by Crippen LogP contribution is 2.20. The van der Waals surface area contributed by atoms with Gasteiger partial charge in [-0.2, -0.15) is 0 Å². The van der Waals surface area contributed by atoms with Gasteiger partial charge in [0, 0.05) is 38.1 Å². The molecule has 1 aliphatic rings. The highest BCUT2D eigenvalue weighted by Gasteiger charge is 2.31. The number of carbonyl (C=O) groups is 1. The number of carbonyl (C=O) groups excluding carboxylic acids is 1. The minimum atomic E-state index is 0.213. The van der Waals surface area contributed by atoms with Gasteiger partial charge in [-0.1, -0.05) is 0 Å². The van der Waals surface area contributed by atoms with Crippen molar-refractivity contribution in [1.29, 1.82) is 0 Å². The largest absolute Gasteiger partial charge is 0.341 e. The Morgan fingerprint density at radius 3 is 2.13 bits per heavy atom. The summed E-state index contributed by atoms with van der Waals surface area (Å²) in [4.78, 5) is 15.7. The number of rotatable bonds is 3. The van der Waals surface area contributed by atoms with Crippen LogP contribution in [0.1, 0.15) is 41.0 Å². The van der Waals surface area contributed by atoms with Crippen LogP contribution in [0.2, 0.25) is 0 Å². The smallest absolute Gasteiger partial charge is 0.219 e. The van der Waals surface area contributed by atoms with Crippen molar-refractivity contribution in [3.63, 3.8) is 0 Å². The zero-order valence-electron chi connectivity index (χ0n) is 10.7. The highest BCUT2D eigenvalue weighted by molar-refractivity contribution is 5.73. The normalized spacial score (nSPS) is 22.1. The SMILES string of the molecule is CC(=O)N1CCC(N(C(C)C)C(C)C)C1. The molecule has 0 aromatic heterocycles. The fourth-order valence-corrected chi connectivity index (χ4v) is 2.71. The predicted octanol–water partition coefficient (Wildman–Crippen LogP) is 1.73. The molecular formula is C12H24N2O. The fourth-order valence-electron chi connectivity index (χ4n) is 2.71. The second kappa shape index (κ2) is 4.97.